The Morgan fingerprint density at radius 3 is 1.80 bits per heavy atom. The lowest BCUT2D eigenvalue weighted by atomic mass is 10.0. The van der Waals surface area contributed by atoms with Crippen LogP contribution in [-0.2, 0) is 14.1 Å². The minimum Gasteiger partial charge on any atom is -0.382 e. The Hall–Kier alpha value is -2.51. The van der Waals surface area contributed by atoms with E-state index in [0.717, 1.165) is 0 Å². The summed E-state index contributed by atoms with van der Waals surface area (Å²) in [6.07, 6.45) is 0.993. The summed E-state index contributed by atoms with van der Waals surface area (Å²) < 4.78 is 3.03. The van der Waals surface area contributed by atoms with Gasteiger partial charge in [0.25, 0.3) is 0 Å². The number of carbonyl (C=O) groups is 1. The Kier molecular flexibility index (Phi) is 12.0. The van der Waals surface area contributed by atoms with Crippen molar-refractivity contribution >= 4 is 121 Å². The number of fused-ring (bicyclic) bond motifs is 2. The minimum absolute atomic E-state index is 0.0153. The lowest BCUT2D eigenvalue weighted by molar-refractivity contribution is 0.112. The zero-order valence-corrected chi connectivity index (χ0v) is 30.0. The van der Waals surface area contributed by atoms with Crippen LogP contribution in [0.5, 0.6) is 0 Å². The van der Waals surface area contributed by atoms with Gasteiger partial charge in [-0.15, -0.1) is 0 Å². The van der Waals surface area contributed by atoms with E-state index in [0.29, 0.717) is 81.3 Å². The highest BCUT2D eigenvalue weighted by atomic mass is 35.5. The van der Waals surface area contributed by atoms with Crippen molar-refractivity contribution in [1.29, 1.82) is 0 Å². The molecule has 2 aromatic carbocycles. The highest BCUT2D eigenvalue weighted by Gasteiger charge is 2.24. The van der Waals surface area contributed by atoms with E-state index in [9.17, 15) is 9.90 Å². The van der Waals surface area contributed by atoms with Crippen LogP contribution in [0.2, 0.25) is 41.0 Å². The van der Waals surface area contributed by atoms with Gasteiger partial charge in [-0.25, -0.2) is 15.0 Å². The predicted octanol–water partition coefficient (Wildman–Crippen LogP) is 9.15. The molecule has 46 heavy (non-hydrogen) atoms. The van der Waals surface area contributed by atoms with Crippen LogP contribution >= 0.6 is 92.8 Å². The molecule has 0 radical (unpaired) electrons. The maximum Gasteiger partial charge on any atom is 0.155 e. The van der Waals surface area contributed by atoms with Gasteiger partial charge in [0.1, 0.15) is 27.3 Å². The number of benzene rings is 2. The molecular weight excluding hydrogens is 764 g/mol. The number of hydrogen-bond donors (Lipinski definition) is 1. The van der Waals surface area contributed by atoms with Gasteiger partial charge in [-0.05, 0) is 32.0 Å². The fourth-order valence-corrected chi connectivity index (χ4v) is 5.90. The Morgan fingerprint density at radius 1 is 0.717 bits per heavy atom. The molecule has 240 valence electrons. The van der Waals surface area contributed by atoms with E-state index in [4.69, 9.17) is 92.8 Å². The first-order valence-corrected chi connectivity index (χ1v) is 15.8. The molecule has 1 atom stereocenters. The van der Waals surface area contributed by atoms with Gasteiger partial charge in [0, 0.05) is 25.2 Å². The van der Waals surface area contributed by atoms with Crippen LogP contribution in [-0.4, -0.2) is 50.9 Å². The van der Waals surface area contributed by atoms with Gasteiger partial charge in [-0.2, -0.15) is 10.2 Å². The summed E-state index contributed by atoms with van der Waals surface area (Å²) in [6, 6.07) is 6.72. The molecule has 4 aromatic heterocycles. The third-order valence-corrected chi connectivity index (χ3v) is 9.20. The van der Waals surface area contributed by atoms with Crippen LogP contribution in [0.25, 0.3) is 21.8 Å². The van der Waals surface area contributed by atoms with Crippen molar-refractivity contribution in [2.45, 2.75) is 20.0 Å². The lowest BCUT2D eigenvalue weighted by Crippen LogP contribution is -2.07. The minimum atomic E-state index is -1.17. The molecule has 10 nitrogen and oxygen atoms in total. The van der Waals surface area contributed by atoms with E-state index in [-0.39, 0.29) is 16.0 Å². The third-order valence-electron chi connectivity index (χ3n) is 6.34. The van der Waals surface area contributed by atoms with E-state index in [1.54, 1.807) is 52.2 Å². The lowest BCUT2D eigenvalue weighted by Gasteiger charge is -2.14. The number of halogens is 8. The summed E-state index contributed by atoms with van der Waals surface area (Å²) in [6.45, 7) is 3.44. The molecular formula is C28H20Cl8N8O2. The first-order chi connectivity index (χ1) is 21.7. The fraction of sp³-hybridized carbons (Fsp3) is 0.179. The molecule has 0 amide bonds. The number of nitrogens with zero attached hydrogens (tertiary/aromatic N) is 8. The van der Waals surface area contributed by atoms with Crippen molar-refractivity contribution in [2.24, 2.45) is 14.1 Å². The van der Waals surface area contributed by atoms with Crippen LogP contribution in [0.4, 0.5) is 0 Å². The largest absolute Gasteiger partial charge is 0.382 e. The Labute approximate surface area is 302 Å². The van der Waals surface area contributed by atoms with Gasteiger partial charge >= 0.3 is 0 Å². The van der Waals surface area contributed by atoms with Gasteiger partial charge in [-0.3, -0.25) is 19.1 Å². The Bertz CT molecular complexity index is 2100. The molecule has 18 heteroatoms. The highest BCUT2D eigenvalue weighted by molar-refractivity contribution is 6.43. The maximum absolute atomic E-state index is 10.6. The molecule has 4 heterocycles. The first-order valence-electron chi connectivity index (χ1n) is 12.7. The average molecular weight is 784 g/mol. The Balaban J connectivity index is 0.000000176. The van der Waals surface area contributed by atoms with Gasteiger partial charge in [0.2, 0.25) is 0 Å². The van der Waals surface area contributed by atoms with Crippen LogP contribution in [0.15, 0.2) is 30.5 Å². The number of rotatable bonds is 3. The standard InChI is InChI=1S/C14H10Cl4N4O.C9H6Cl2N2O.C5H4Cl2N2/c1-5-12(16)20-13(17)10(19-5)11(23)6-3-4-7-8(9(6)15)14(18)22(2)21-7;1-13-9(11)7-6(12-13)3-2-5(4-14)8(7)10;1-3-5(7)9-4(6)2-8-3/h3-4,11,23H,1-2H3;2-4H,1H3;2H,1H3. The van der Waals surface area contributed by atoms with E-state index >= 15 is 0 Å². The zero-order chi connectivity index (χ0) is 34.0. The topological polar surface area (TPSA) is 124 Å². The number of aldehydes is 1. The molecule has 0 spiro atoms. The fourth-order valence-electron chi connectivity index (χ4n) is 3.99. The average Bonchev–Trinajstić information content (AvgIpc) is 3.47. The zero-order valence-electron chi connectivity index (χ0n) is 24.0. The van der Waals surface area contributed by atoms with Crippen molar-refractivity contribution < 1.29 is 9.90 Å². The van der Waals surface area contributed by atoms with E-state index < -0.39 is 6.10 Å². The molecule has 6 aromatic rings. The quantitative estimate of drug-likeness (QED) is 0.176. The molecule has 6 rings (SSSR count). The number of hydrogen-bond acceptors (Lipinski definition) is 8. The molecule has 0 aliphatic heterocycles. The van der Waals surface area contributed by atoms with E-state index in [1.807, 2.05) is 0 Å². The number of carbonyl (C=O) groups excluding carboxylic acids is 1. The molecule has 1 unspecified atom stereocenters. The second-order valence-electron chi connectivity index (χ2n) is 9.42. The normalized spacial score (nSPS) is 11.6. The maximum atomic E-state index is 10.6. The summed E-state index contributed by atoms with van der Waals surface area (Å²) in [5.74, 6) is 0. The van der Waals surface area contributed by atoms with Gasteiger partial charge in [0.15, 0.2) is 21.7 Å². The highest BCUT2D eigenvalue weighted by Crippen LogP contribution is 2.38. The summed E-state index contributed by atoms with van der Waals surface area (Å²) in [4.78, 5) is 26.4. The smallest absolute Gasteiger partial charge is 0.155 e. The van der Waals surface area contributed by atoms with Crippen molar-refractivity contribution in [3.63, 3.8) is 0 Å². The monoisotopic (exact) mass is 780 g/mol. The predicted molar refractivity (Wildman–Crippen MR) is 184 cm³/mol. The molecule has 0 saturated carbocycles. The van der Waals surface area contributed by atoms with Crippen molar-refractivity contribution in [3.8, 4) is 0 Å². The van der Waals surface area contributed by atoms with Crippen molar-refractivity contribution in [3.05, 3.63) is 99.6 Å². The second-order valence-corrected chi connectivity index (χ2v) is 12.4. The molecule has 1 N–H and O–H groups in total. The molecule has 0 saturated heterocycles. The van der Waals surface area contributed by atoms with E-state index in [2.05, 4.69) is 30.1 Å². The summed E-state index contributed by atoms with van der Waals surface area (Å²) in [5, 5.41) is 22.5. The SMILES string of the molecule is Cc1nc(C(O)c2ccc3nn(C)c(Cl)c3c2Cl)c(Cl)nc1Cl.Cc1ncc(Cl)nc1Cl.Cn1nc2ccc(C=O)c(Cl)c2c1Cl. The number of aryl methyl sites for hydroxylation is 4. The molecule has 0 bridgehead atoms. The van der Waals surface area contributed by atoms with Crippen molar-refractivity contribution in [1.82, 2.24) is 39.5 Å². The first kappa shape index (κ1) is 36.3. The summed E-state index contributed by atoms with van der Waals surface area (Å²) >= 11 is 47.5. The summed E-state index contributed by atoms with van der Waals surface area (Å²) in [5.41, 5.74) is 3.48. The van der Waals surface area contributed by atoms with Crippen molar-refractivity contribution in [2.75, 3.05) is 0 Å². The van der Waals surface area contributed by atoms with E-state index in [1.165, 1.54) is 15.6 Å². The Morgan fingerprint density at radius 2 is 1.26 bits per heavy atom. The van der Waals surface area contributed by atoms with Crippen LogP contribution in [0.3, 0.4) is 0 Å². The molecule has 0 aliphatic carbocycles. The van der Waals surface area contributed by atoms with Gasteiger partial charge in [0.05, 0.1) is 49.4 Å². The van der Waals surface area contributed by atoms with Gasteiger partial charge in [-0.1, -0.05) is 98.9 Å². The number of aliphatic hydroxyl groups excluding tert-OH is 1. The van der Waals surface area contributed by atoms with Crippen LogP contribution < -0.4 is 0 Å². The number of aliphatic hydroxyl groups is 1. The molecule has 0 aliphatic rings. The number of aromatic nitrogens is 8. The van der Waals surface area contributed by atoms with Crippen LogP contribution in [0, 0.1) is 13.8 Å². The third kappa shape index (κ3) is 7.62. The van der Waals surface area contributed by atoms with Gasteiger partial charge < -0.3 is 5.11 Å². The summed E-state index contributed by atoms with van der Waals surface area (Å²) in [7, 11) is 3.43. The second kappa shape index (κ2) is 15.1. The molecule has 0 fully saturated rings. The van der Waals surface area contributed by atoms with Crippen LogP contribution in [0.1, 0.15) is 39.1 Å².